The van der Waals surface area contributed by atoms with Crippen LogP contribution in [0.15, 0.2) is 18.3 Å². The summed E-state index contributed by atoms with van der Waals surface area (Å²) in [5.74, 6) is -1.47. The molecule has 2 aromatic rings. The summed E-state index contributed by atoms with van der Waals surface area (Å²) in [7, 11) is 0. The van der Waals surface area contributed by atoms with Crippen molar-refractivity contribution in [1.29, 1.82) is 0 Å². The van der Waals surface area contributed by atoms with Gasteiger partial charge in [-0.2, -0.15) is 5.10 Å². The van der Waals surface area contributed by atoms with Crippen LogP contribution >= 0.6 is 0 Å². The number of aromatic amines is 1. The van der Waals surface area contributed by atoms with Crippen molar-refractivity contribution in [2.24, 2.45) is 0 Å². The first kappa shape index (κ1) is 14.6. The number of carbonyl (C=O) groups is 1. The number of rotatable bonds is 4. The van der Waals surface area contributed by atoms with Crippen molar-refractivity contribution in [1.82, 2.24) is 15.5 Å². The zero-order valence-corrected chi connectivity index (χ0v) is 11.4. The summed E-state index contributed by atoms with van der Waals surface area (Å²) in [5.41, 5.74) is 0.923. The average molecular weight is 292 g/mol. The van der Waals surface area contributed by atoms with E-state index in [4.69, 9.17) is 0 Å². The maximum absolute atomic E-state index is 13.9. The van der Waals surface area contributed by atoms with Crippen LogP contribution in [0.25, 0.3) is 0 Å². The Labute approximate surface area is 119 Å². The highest BCUT2D eigenvalue weighted by Gasteiger charge is 2.19. The van der Waals surface area contributed by atoms with Gasteiger partial charge in [0.05, 0.1) is 16.7 Å². The zero-order chi connectivity index (χ0) is 15.6. The second-order valence-electron chi connectivity index (χ2n) is 4.58. The van der Waals surface area contributed by atoms with Crippen LogP contribution in [0.2, 0.25) is 0 Å². The molecular formula is C13H13FN4O3. The highest BCUT2D eigenvalue weighted by atomic mass is 19.1. The van der Waals surface area contributed by atoms with Gasteiger partial charge in [0.15, 0.2) is 0 Å². The summed E-state index contributed by atoms with van der Waals surface area (Å²) in [6.07, 6.45) is 1.55. The number of nitro groups is 1. The van der Waals surface area contributed by atoms with Gasteiger partial charge in [-0.15, -0.1) is 0 Å². The highest BCUT2D eigenvalue weighted by Crippen LogP contribution is 2.21. The lowest BCUT2D eigenvalue weighted by molar-refractivity contribution is -0.385. The van der Waals surface area contributed by atoms with E-state index in [-0.39, 0.29) is 23.4 Å². The van der Waals surface area contributed by atoms with E-state index < -0.39 is 16.6 Å². The summed E-state index contributed by atoms with van der Waals surface area (Å²) in [6.45, 7) is 3.31. The molecule has 7 nitrogen and oxygen atoms in total. The van der Waals surface area contributed by atoms with Gasteiger partial charge in [0.25, 0.3) is 11.6 Å². The Balaban J connectivity index is 2.22. The van der Waals surface area contributed by atoms with Gasteiger partial charge in [-0.1, -0.05) is 0 Å². The predicted octanol–water partition coefficient (Wildman–Crippen LogP) is 2.00. The van der Waals surface area contributed by atoms with Crippen LogP contribution in [0.1, 0.15) is 27.2 Å². The van der Waals surface area contributed by atoms with Gasteiger partial charge in [-0.3, -0.25) is 20.0 Å². The second-order valence-corrected chi connectivity index (χ2v) is 4.58. The third-order valence-electron chi connectivity index (χ3n) is 3.07. The van der Waals surface area contributed by atoms with E-state index in [2.05, 4.69) is 15.5 Å². The van der Waals surface area contributed by atoms with E-state index in [9.17, 15) is 19.3 Å². The molecule has 0 saturated heterocycles. The number of benzene rings is 1. The molecule has 2 N–H and O–H groups in total. The van der Waals surface area contributed by atoms with Crippen molar-refractivity contribution in [2.75, 3.05) is 0 Å². The Kier molecular flexibility index (Phi) is 3.97. The van der Waals surface area contributed by atoms with Crippen molar-refractivity contribution in [3.05, 3.63) is 56.6 Å². The van der Waals surface area contributed by atoms with Gasteiger partial charge in [-0.05, 0) is 19.4 Å². The van der Waals surface area contributed by atoms with E-state index in [1.54, 1.807) is 13.1 Å². The fourth-order valence-corrected chi connectivity index (χ4v) is 1.85. The minimum Gasteiger partial charge on any atom is -0.348 e. The molecule has 1 amide bonds. The normalized spacial score (nSPS) is 10.4. The van der Waals surface area contributed by atoms with Crippen molar-refractivity contribution in [3.8, 4) is 0 Å². The number of aryl methyl sites for hydroxylation is 2. The number of nitrogens with zero attached hydrogens (tertiary/aromatic N) is 2. The average Bonchev–Trinajstić information content (AvgIpc) is 2.84. The molecule has 21 heavy (non-hydrogen) atoms. The predicted molar refractivity (Wildman–Crippen MR) is 72.3 cm³/mol. The molecule has 0 unspecified atom stereocenters. The van der Waals surface area contributed by atoms with Crippen molar-refractivity contribution in [2.45, 2.75) is 20.4 Å². The van der Waals surface area contributed by atoms with Gasteiger partial charge in [-0.25, -0.2) is 4.39 Å². The molecule has 0 fully saturated rings. The van der Waals surface area contributed by atoms with Gasteiger partial charge < -0.3 is 5.32 Å². The fourth-order valence-electron chi connectivity index (χ4n) is 1.85. The number of halogens is 1. The molecule has 1 aromatic heterocycles. The van der Waals surface area contributed by atoms with Crippen LogP contribution in [-0.4, -0.2) is 21.0 Å². The molecule has 0 aliphatic heterocycles. The van der Waals surface area contributed by atoms with E-state index in [0.29, 0.717) is 0 Å². The van der Waals surface area contributed by atoms with E-state index in [1.165, 1.54) is 6.92 Å². The molecule has 0 aliphatic rings. The minimum absolute atomic E-state index is 0.0499. The summed E-state index contributed by atoms with van der Waals surface area (Å²) in [5, 5.41) is 19.8. The van der Waals surface area contributed by atoms with Gasteiger partial charge in [0.2, 0.25) is 0 Å². The molecule has 0 saturated carbocycles. The lowest BCUT2D eigenvalue weighted by Crippen LogP contribution is -2.24. The number of amides is 1. The number of carbonyl (C=O) groups excluding carboxylic acids is 1. The molecule has 0 bridgehead atoms. The summed E-state index contributed by atoms with van der Waals surface area (Å²) >= 11 is 0. The molecule has 2 rings (SSSR count). The van der Waals surface area contributed by atoms with E-state index >= 15 is 0 Å². The van der Waals surface area contributed by atoms with Crippen LogP contribution in [0, 0.1) is 29.8 Å². The first-order chi connectivity index (χ1) is 9.90. The van der Waals surface area contributed by atoms with E-state index in [0.717, 1.165) is 23.4 Å². The van der Waals surface area contributed by atoms with Gasteiger partial charge in [0, 0.05) is 29.9 Å². The van der Waals surface area contributed by atoms with Crippen molar-refractivity contribution in [3.63, 3.8) is 0 Å². The molecule has 0 spiro atoms. The first-order valence-electron chi connectivity index (χ1n) is 6.11. The Morgan fingerprint density at radius 3 is 2.76 bits per heavy atom. The molecule has 1 heterocycles. The Morgan fingerprint density at radius 2 is 2.19 bits per heavy atom. The summed E-state index contributed by atoms with van der Waals surface area (Å²) < 4.78 is 13.9. The van der Waals surface area contributed by atoms with Crippen molar-refractivity contribution >= 4 is 11.6 Å². The standard InChI is InChI=1S/C13H13FN4O3/c1-7-3-10(18(20)21)4-11(12(7)14)13(19)15-5-9-6-16-17-8(9)2/h3-4,6H,5H2,1-2H3,(H,15,19)(H,16,17). The number of nitro benzene ring substituents is 1. The molecule has 110 valence electrons. The number of hydrogen-bond acceptors (Lipinski definition) is 4. The lowest BCUT2D eigenvalue weighted by Gasteiger charge is -2.07. The van der Waals surface area contributed by atoms with Crippen LogP contribution in [0.5, 0.6) is 0 Å². The highest BCUT2D eigenvalue weighted by molar-refractivity contribution is 5.95. The number of hydrogen-bond donors (Lipinski definition) is 2. The lowest BCUT2D eigenvalue weighted by atomic mass is 10.1. The minimum atomic E-state index is -0.762. The Bertz CT molecular complexity index is 711. The first-order valence-corrected chi connectivity index (χ1v) is 6.11. The number of non-ortho nitro benzene ring substituents is 1. The van der Waals surface area contributed by atoms with Crippen LogP contribution in [0.4, 0.5) is 10.1 Å². The maximum Gasteiger partial charge on any atom is 0.270 e. The van der Waals surface area contributed by atoms with Crippen LogP contribution < -0.4 is 5.32 Å². The smallest absolute Gasteiger partial charge is 0.270 e. The van der Waals surface area contributed by atoms with Crippen molar-refractivity contribution < 1.29 is 14.1 Å². The number of aromatic nitrogens is 2. The molecule has 0 radical (unpaired) electrons. The van der Waals surface area contributed by atoms with E-state index in [1.807, 2.05) is 0 Å². The van der Waals surface area contributed by atoms with Gasteiger partial charge >= 0.3 is 0 Å². The van der Waals surface area contributed by atoms with Gasteiger partial charge in [0.1, 0.15) is 5.82 Å². The third-order valence-corrected chi connectivity index (χ3v) is 3.07. The third kappa shape index (κ3) is 3.04. The topological polar surface area (TPSA) is 101 Å². The summed E-state index contributed by atoms with van der Waals surface area (Å²) in [4.78, 5) is 22.1. The Hall–Kier alpha value is -2.77. The molecule has 0 aliphatic carbocycles. The second kappa shape index (κ2) is 5.70. The number of H-pyrrole nitrogens is 1. The zero-order valence-electron chi connectivity index (χ0n) is 11.4. The quantitative estimate of drug-likeness (QED) is 0.664. The SMILES string of the molecule is Cc1cc([N+](=O)[O-])cc(C(=O)NCc2cn[nH]c2C)c1F. The maximum atomic E-state index is 13.9. The molecule has 8 heteroatoms. The molecular weight excluding hydrogens is 279 g/mol. The largest absolute Gasteiger partial charge is 0.348 e. The molecule has 1 aromatic carbocycles. The Morgan fingerprint density at radius 1 is 1.48 bits per heavy atom. The fraction of sp³-hybridized carbons (Fsp3) is 0.231. The number of nitrogens with one attached hydrogen (secondary N) is 2. The van der Waals surface area contributed by atoms with Crippen LogP contribution in [-0.2, 0) is 6.54 Å². The summed E-state index contributed by atoms with van der Waals surface area (Å²) in [6, 6.07) is 2.02. The van der Waals surface area contributed by atoms with Crippen LogP contribution in [0.3, 0.4) is 0 Å². The molecule has 0 atom stereocenters. The monoisotopic (exact) mass is 292 g/mol.